The molecule has 2 aliphatic heterocycles. The van der Waals surface area contributed by atoms with Crippen LogP contribution < -0.4 is 4.90 Å². The highest BCUT2D eigenvalue weighted by Crippen LogP contribution is 2.33. The number of piperidine rings is 1. The quantitative estimate of drug-likeness (QED) is 0.377. The summed E-state index contributed by atoms with van der Waals surface area (Å²) in [4.78, 5) is 23.1. The van der Waals surface area contributed by atoms with Gasteiger partial charge in [0, 0.05) is 31.2 Å². The van der Waals surface area contributed by atoms with Gasteiger partial charge in [-0.15, -0.1) is 12.4 Å². The highest BCUT2D eigenvalue weighted by Gasteiger charge is 2.29. The van der Waals surface area contributed by atoms with Gasteiger partial charge in [0.15, 0.2) is 5.65 Å². The molecule has 192 valence electrons. The van der Waals surface area contributed by atoms with Crippen LogP contribution in [-0.4, -0.2) is 78.2 Å². The first kappa shape index (κ1) is 24.8. The number of ether oxygens (including phenoxy) is 1. The van der Waals surface area contributed by atoms with Crippen LogP contribution >= 0.6 is 12.4 Å². The minimum absolute atomic E-state index is 0. The van der Waals surface area contributed by atoms with E-state index in [9.17, 15) is 10.2 Å². The van der Waals surface area contributed by atoms with Crippen molar-refractivity contribution < 1.29 is 19.3 Å². The molecule has 2 aliphatic rings. The Bertz CT molecular complexity index is 1370. The van der Waals surface area contributed by atoms with E-state index in [2.05, 4.69) is 26.9 Å². The minimum Gasteiger partial charge on any atom is -0.396 e. The van der Waals surface area contributed by atoms with Crippen molar-refractivity contribution in [2.24, 2.45) is 5.92 Å². The van der Waals surface area contributed by atoms with Crippen LogP contribution in [0.4, 0.5) is 10.3 Å². The average molecular weight is 518 g/mol. The molecule has 2 saturated heterocycles. The number of aliphatic hydroxyl groups is 2. The molecule has 0 spiro atoms. The lowest BCUT2D eigenvalue weighted by Crippen LogP contribution is -2.45. The fourth-order valence-corrected chi connectivity index (χ4v) is 5.17. The Hall–Kier alpha value is -2.86. The summed E-state index contributed by atoms with van der Waals surface area (Å²) < 4.78 is 23.2. The van der Waals surface area contributed by atoms with Crippen LogP contribution in [0.2, 0.25) is 0 Å². The second-order valence-electron chi connectivity index (χ2n) is 9.57. The molecule has 2 fully saturated rings. The van der Waals surface area contributed by atoms with Crippen LogP contribution in [0.1, 0.15) is 32.2 Å². The number of benzene rings is 1. The summed E-state index contributed by atoms with van der Waals surface area (Å²) in [5, 5.41) is 19.9. The monoisotopic (exact) mass is 517 g/mol. The third kappa shape index (κ3) is 4.30. The third-order valence-corrected chi connectivity index (χ3v) is 7.28. The summed E-state index contributed by atoms with van der Waals surface area (Å²) in [6.07, 6.45) is 5.22. The summed E-state index contributed by atoms with van der Waals surface area (Å²) in [7, 11) is 0. The van der Waals surface area contributed by atoms with E-state index in [1.54, 1.807) is 6.33 Å². The van der Waals surface area contributed by atoms with Crippen molar-refractivity contribution in [1.29, 1.82) is 0 Å². The van der Waals surface area contributed by atoms with Gasteiger partial charge in [-0.05, 0) is 38.3 Å². The fraction of sp³-hybridized carbons (Fsp3) is 0.500. The summed E-state index contributed by atoms with van der Waals surface area (Å²) in [5.41, 5.74) is 3.16. The number of halogens is 2. The number of fused-ring (bicyclic) bond motifs is 2. The second-order valence-corrected chi connectivity index (χ2v) is 9.57. The summed E-state index contributed by atoms with van der Waals surface area (Å²) in [6, 6.07) is 3.36. The lowest BCUT2D eigenvalue weighted by atomic mass is 9.95. The maximum Gasteiger partial charge on any atom is 0.228 e. The zero-order valence-corrected chi connectivity index (χ0v) is 20.7. The number of imidazole rings is 2. The molecule has 0 radical (unpaired) electrons. The molecule has 3 aromatic heterocycles. The average Bonchev–Trinajstić information content (AvgIpc) is 3.51. The molecular formula is C24H29ClFN7O3. The molecule has 4 aromatic rings. The van der Waals surface area contributed by atoms with Crippen molar-refractivity contribution in [3.63, 3.8) is 0 Å². The molecule has 3 N–H and O–H groups in total. The lowest BCUT2D eigenvalue weighted by Gasteiger charge is -2.35. The van der Waals surface area contributed by atoms with Crippen LogP contribution in [0.3, 0.4) is 0 Å². The summed E-state index contributed by atoms with van der Waals surface area (Å²) >= 11 is 0. The predicted octanol–water partition coefficient (Wildman–Crippen LogP) is 2.85. The van der Waals surface area contributed by atoms with E-state index < -0.39 is 6.10 Å². The summed E-state index contributed by atoms with van der Waals surface area (Å²) in [5.74, 6) is -0.126. The molecule has 36 heavy (non-hydrogen) atoms. The standard InChI is InChI=1S/C24H28FN7O3.ClH/c1-13-2-3-16(10-35-13)32-12-28-18-7-15(6-17(25)22(18)32)20-21-23(27-11-26-21)30-24(29-20)31-5-4-14(9-33)19(34)8-31;/h6-7,11-14,16,19,33-34H,2-5,8-10H2,1H3,(H,26,27,29,30);1H/t13-,14-,16+,19+;/m1./s1. The Labute approximate surface area is 213 Å². The van der Waals surface area contributed by atoms with Gasteiger partial charge in [-0.1, -0.05) is 0 Å². The molecule has 0 amide bonds. The van der Waals surface area contributed by atoms with Gasteiger partial charge in [0.1, 0.15) is 22.5 Å². The number of hydrogen-bond donors (Lipinski definition) is 3. The van der Waals surface area contributed by atoms with E-state index in [4.69, 9.17) is 9.72 Å². The number of rotatable bonds is 4. The van der Waals surface area contributed by atoms with Crippen molar-refractivity contribution in [3.8, 4) is 11.3 Å². The van der Waals surface area contributed by atoms with Crippen LogP contribution in [0.15, 0.2) is 24.8 Å². The SMILES string of the molecule is C[C@@H]1CC[C@H](n2cnc3cc(-c4nc(N5CC[C@H](CO)[C@@H](O)C5)nc5nc[nH]c45)cc(F)c32)CO1.Cl. The topological polar surface area (TPSA) is 125 Å². The van der Waals surface area contributed by atoms with Gasteiger partial charge in [-0.2, -0.15) is 4.98 Å². The number of nitrogens with zero attached hydrogens (tertiary/aromatic N) is 6. The number of anilines is 1. The van der Waals surface area contributed by atoms with Gasteiger partial charge in [0.05, 0.1) is 43.0 Å². The smallest absolute Gasteiger partial charge is 0.228 e. The maximum absolute atomic E-state index is 15.5. The van der Waals surface area contributed by atoms with E-state index >= 15 is 4.39 Å². The molecule has 0 bridgehead atoms. The molecule has 0 aliphatic carbocycles. The molecule has 0 unspecified atom stereocenters. The van der Waals surface area contributed by atoms with Crippen molar-refractivity contribution in [3.05, 3.63) is 30.6 Å². The Morgan fingerprint density at radius 2 is 2.06 bits per heavy atom. The van der Waals surface area contributed by atoms with Crippen LogP contribution in [0.5, 0.6) is 0 Å². The van der Waals surface area contributed by atoms with Crippen molar-refractivity contribution in [2.45, 2.75) is 44.4 Å². The molecule has 12 heteroatoms. The van der Waals surface area contributed by atoms with Crippen molar-refractivity contribution >= 4 is 40.6 Å². The van der Waals surface area contributed by atoms with Gasteiger partial charge in [-0.3, -0.25) is 0 Å². The highest BCUT2D eigenvalue weighted by molar-refractivity contribution is 5.91. The van der Waals surface area contributed by atoms with Gasteiger partial charge in [0.2, 0.25) is 5.95 Å². The normalized spacial score (nSPS) is 24.8. The zero-order valence-electron chi connectivity index (χ0n) is 19.8. The predicted molar refractivity (Wildman–Crippen MR) is 135 cm³/mol. The Morgan fingerprint density at radius 1 is 1.19 bits per heavy atom. The maximum atomic E-state index is 15.5. The molecule has 5 heterocycles. The molecule has 1 aromatic carbocycles. The first-order chi connectivity index (χ1) is 17.0. The number of hydrogen-bond acceptors (Lipinski definition) is 8. The fourth-order valence-electron chi connectivity index (χ4n) is 5.17. The van der Waals surface area contributed by atoms with Gasteiger partial charge in [0.25, 0.3) is 0 Å². The molecular weight excluding hydrogens is 489 g/mol. The number of aromatic nitrogens is 6. The summed E-state index contributed by atoms with van der Waals surface area (Å²) in [6.45, 7) is 3.43. The van der Waals surface area contributed by atoms with Gasteiger partial charge >= 0.3 is 0 Å². The molecule has 0 saturated carbocycles. The van der Waals surface area contributed by atoms with Crippen LogP contribution in [-0.2, 0) is 4.74 Å². The number of aliphatic hydroxyl groups excluding tert-OH is 2. The highest BCUT2D eigenvalue weighted by atomic mass is 35.5. The van der Waals surface area contributed by atoms with E-state index in [0.717, 1.165) is 12.8 Å². The van der Waals surface area contributed by atoms with Gasteiger partial charge in [-0.25, -0.2) is 19.3 Å². The minimum atomic E-state index is -0.680. The largest absolute Gasteiger partial charge is 0.396 e. The number of nitrogens with one attached hydrogen (secondary N) is 1. The van der Waals surface area contributed by atoms with Crippen LogP contribution in [0, 0.1) is 11.7 Å². The van der Waals surface area contributed by atoms with Crippen LogP contribution in [0.25, 0.3) is 33.5 Å². The van der Waals surface area contributed by atoms with E-state index in [-0.39, 0.29) is 42.9 Å². The zero-order chi connectivity index (χ0) is 24.1. The Kier molecular flexibility index (Phi) is 6.82. The number of aromatic amines is 1. The second kappa shape index (κ2) is 9.89. The molecule has 6 rings (SSSR count). The molecule has 4 atom stereocenters. The number of β-amino-alcohol motifs (C(OH)–C–C–N with tert-alkyl or cyclic N) is 1. The van der Waals surface area contributed by atoms with E-state index in [0.29, 0.717) is 65.5 Å². The first-order valence-electron chi connectivity index (χ1n) is 12.0. The van der Waals surface area contributed by atoms with E-state index in [1.807, 2.05) is 15.5 Å². The Morgan fingerprint density at radius 3 is 2.81 bits per heavy atom. The van der Waals surface area contributed by atoms with Gasteiger partial charge < -0.3 is 29.4 Å². The lowest BCUT2D eigenvalue weighted by molar-refractivity contribution is 0.000143. The first-order valence-corrected chi connectivity index (χ1v) is 12.0. The van der Waals surface area contributed by atoms with Crippen molar-refractivity contribution in [2.75, 3.05) is 31.2 Å². The van der Waals surface area contributed by atoms with E-state index in [1.165, 1.54) is 12.4 Å². The molecule has 10 nitrogen and oxygen atoms in total. The van der Waals surface area contributed by atoms with Crippen molar-refractivity contribution in [1.82, 2.24) is 29.5 Å². The third-order valence-electron chi connectivity index (χ3n) is 7.28. The number of H-pyrrole nitrogens is 1. The Balaban J connectivity index is 0.00000267.